The van der Waals surface area contributed by atoms with Crippen molar-refractivity contribution in [2.75, 3.05) is 11.9 Å². The molecular formula is C11H15N3O4. The van der Waals surface area contributed by atoms with Gasteiger partial charge in [0.25, 0.3) is 5.69 Å². The third kappa shape index (κ3) is 3.17. The van der Waals surface area contributed by atoms with Gasteiger partial charge < -0.3 is 16.2 Å². The molecule has 0 saturated heterocycles. The Kier molecular flexibility index (Phi) is 4.61. The molecule has 0 heterocycles. The molecule has 0 aliphatic carbocycles. The molecule has 1 rings (SSSR count). The topological polar surface area (TPSA) is 118 Å². The number of hydrogen-bond acceptors (Lipinski definition) is 5. The maximum Gasteiger partial charge on any atom is 0.293 e. The molecule has 0 radical (unpaired) electrons. The van der Waals surface area contributed by atoms with Gasteiger partial charge in [0.2, 0.25) is 5.91 Å². The van der Waals surface area contributed by atoms with E-state index in [-0.39, 0.29) is 29.6 Å². The minimum atomic E-state index is -0.723. The highest BCUT2D eigenvalue weighted by Gasteiger charge is 2.18. The van der Waals surface area contributed by atoms with Crippen LogP contribution in [0.1, 0.15) is 23.7 Å². The fourth-order valence-corrected chi connectivity index (χ4v) is 1.45. The molecule has 0 fully saturated rings. The number of anilines is 1. The Morgan fingerprint density at radius 3 is 2.72 bits per heavy atom. The fourth-order valence-electron chi connectivity index (χ4n) is 1.45. The molecule has 0 saturated carbocycles. The third-order valence-corrected chi connectivity index (χ3v) is 2.55. The Labute approximate surface area is 104 Å². The molecule has 0 spiro atoms. The monoisotopic (exact) mass is 253 g/mol. The summed E-state index contributed by atoms with van der Waals surface area (Å²) >= 11 is 0. The Morgan fingerprint density at radius 2 is 2.28 bits per heavy atom. The number of primary amides is 1. The van der Waals surface area contributed by atoms with E-state index in [9.17, 15) is 14.9 Å². The van der Waals surface area contributed by atoms with E-state index in [2.05, 4.69) is 5.32 Å². The lowest BCUT2D eigenvalue weighted by Crippen LogP contribution is -2.23. The first-order valence-corrected chi connectivity index (χ1v) is 5.45. The standard InChI is InChI=1S/C11H15N3O4/c1-2-8(6-15)13-9-4-3-7(11(12)16)5-10(9)14(17)18/h3-5,8,13,15H,2,6H2,1H3,(H2,12,16). The van der Waals surface area contributed by atoms with Gasteiger partial charge in [-0.15, -0.1) is 0 Å². The summed E-state index contributed by atoms with van der Waals surface area (Å²) in [5.41, 5.74) is 5.16. The number of benzene rings is 1. The highest BCUT2D eigenvalue weighted by Crippen LogP contribution is 2.26. The van der Waals surface area contributed by atoms with E-state index in [4.69, 9.17) is 10.8 Å². The van der Waals surface area contributed by atoms with Crippen LogP contribution in [0.3, 0.4) is 0 Å². The molecule has 1 atom stereocenters. The number of nitrogens with zero attached hydrogens (tertiary/aromatic N) is 1. The van der Waals surface area contributed by atoms with Crippen LogP contribution in [0.5, 0.6) is 0 Å². The molecule has 98 valence electrons. The summed E-state index contributed by atoms with van der Waals surface area (Å²) in [5, 5.41) is 22.8. The number of rotatable bonds is 6. The highest BCUT2D eigenvalue weighted by molar-refractivity contribution is 5.94. The van der Waals surface area contributed by atoms with Crippen molar-refractivity contribution in [3.63, 3.8) is 0 Å². The van der Waals surface area contributed by atoms with Crippen LogP contribution in [0.4, 0.5) is 11.4 Å². The van der Waals surface area contributed by atoms with Crippen LogP contribution in [0.25, 0.3) is 0 Å². The van der Waals surface area contributed by atoms with Crippen LogP contribution in [0, 0.1) is 10.1 Å². The van der Waals surface area contributed by atoms with Crippen molar-refractivity contribution in [1.29, 1.82) is 0 Å². The Bertz CT molecular complexity index is 458. The minimum Gasteiger partial charge on any atom is -0.394 e. The summed E-state index contributed by atoms with van der Waals surface area (Å²) in [7, 11) is 0. The summed E-state index contributed by atoms with van der Waals surface area (Å²) in [6, 6.07) is 3.66. The molecule has 1 aromatic rings. The summed E-state index contributed by atoms with van der Waals surface area (Å²) in [6.07, 6.45) is 0.616. The van der Waals surface area contributed by atoms with E-state index in [1.54, 1.807) is 0 Å². The second kappa shape index (κ2) is 5.97. The normalized spacial score (nSPS) is 11.9. The molecule has 0 aliphatic heterocycles. The zero-order valence-corrected chi connectivity index (χ0v) is 9.92. The van der Waals surface area contributed by atoms with Crippen LogP contribution in [-0.4, -0.2) is 28.6 Å². The average molecular weight is 253 g/mol. The summed E-state index contributed by atoms with van der Waals surface area (Å²) in [4.78, 5) is 21.3. The van der Waals surface area contributed by atoms with Crippen molar-refractivity contribution in [3.05, 3.63) is 33.9 Å². The lowest BCUT2D eigenvalue weighted by atomic mass is 10.1. The number of nitrogens with one attached hydrogen (secondary N) is 1. The van der Waals surface area contributed by atoms with Gasteiger partial charge in [-0.1, -0.05) is 6.92 Å². The SMILES string of the molecule is CCC(CO)Nc1ccc(C(N)=O)cc1[N+](=O)[O-]. The number of nitro benzene ring substituents is 1. The second-order valence-electron chi connectivity index (χ2n) is 3.79. The van der Waals surface area contributed by atoms with Crippen molar-refractivity contribution in [2.24, 2.45) is 5.73 Å². The van der Waals surface area contributed by atoms with Gasteiger partial charge in [0, 0.05) is 17.7 Å². The third-order valence-electron chi connectivity index (χ3n) is 2.55. The van der Waals surface area contributed by atoms with Crippen molar-refractivity contribution in [1.82, 2.24) is 0 Å². The average Bonchev–Trinajstić information content (AvgIpc) is 2.35. The minimum absolute atomic E-state index is 0.0734. The number of nitrogens with two attached hydrogens (primary N) is 1. The lowest BCUT2D eigenvalue weighted by molar-refractivity contribution is -0.384. The van der Waals surface area contributed by atoms with E-state index in [1.807, 2.05) is 6.92 Å². The molecule has 4 N–H and O–H groups in total. The predicted molar refractivity (Wildman–Crippen MR) is 66.4 cm³/mol. The molecule has 1 amide bonds. The predicted octanol–water partition coefficient (Wildman–Crippen LogP) is 0.876. The van der Waals surface area contributed by atoms with Gasteiger partial charge in [-0.2, -0.15) is 0 Å². The van der Waals surface area contributed by atoms with Gasteiger partial charge in [-0.3, -0.25) is 14.9 Å². The van der Waals surface area contributed by atoms with E-state index >= 15 is 0 Å². The van der Waals surface area contributed by atoms with E-state index in [0.717, 1.165) is 6.07 Å². The largest absolute Gasteiger partial charge is 0.394 e. The van der Waals surface area contributed by atoms with Gasteiger partial charge in [-0.05, 0) is 18.6 Å². The van der Waals surface area contributed by atoms with Gasteiger partial charge >= 0.3 is 0 Å². The quantitative estimate of drug-likeness (QED) is 0.513. The molecule has 7 heteroatoms. The first-order valence-electron chi connectivity index (χ1n) is 5.45. The van der Waals surface area contributed by atoms with Crippen LogP contribution in [-0.2, 0) is 0 Å². The van der Waals surface area contributed by atoms with Gasteiger partial charge in [-0.25, -0.2) is 0 Å². The number of aliphatic hydroxyl groups is 1. The molecule has 0 aliphatic rings. The maximum atomic E-state index is 11.0. The smallest absolute Gasteiger partial charge is 0.293 e. The van der Waals surface area contributed by atoms with Gasteiger partial charge in [0.05, 0.1) is 11.5 Å². The zero-order valence-electron chi connectivity index (χ0n) is 9.92. The number of amides is 1. The van der Waals surface area contributed by atoms with E-state index in [0.29, 0.717) is 6.42 Å². The maximum absolute atomic E-state index is 11.0. The highest BCUT2D eigenvalue weighted by atomic mass is 16.6. The summed E-state index contributed by atoms with van der Waals surface area (Å²) < 4.78 is 0. The van der Waals surface area contributed by atoms with Crippen molar-refractivity contribution in [3.8, 4) is 0 Å². The van der Waals surface area contributed by atoms with Crippen molar-refractivity contribution in [2.45, 2.75) is 19.4 Å². The van der Waals surface area contributed by atoms with Crippen molar-refractivity contribution >= 4 is 17.3 Å². The van der Waals surface area contributed by atoms with Crippen LogP contribution in [0.15, 0.2) is 18.2 Å². The van der Waals surface area contributed by atoms with Crippen molar-refractivity contribution < 1.29 is 14.8 Å². The second-order valence-corrected chi connectivity index (χ2v) is 3.79. The molecular weight excluding hydrogens is 238 g/mol. The van der Waals surface area contributed by atoms with Crippen LogP contribution in [0.2, 0.25) is 0 Å². The Morgan fingerprint density at radius 1 is 1.61 bits per heavy atom. The first kappa shape index (κ1) is 13.9. The molecule has 0 aromatic heterocycles. The van der Waals surface area contributed by atoms with Crippen LogP contribution < -0.4 is 11.1 Å². The first-order chi connectivity index (χ1) is 8.49. The molecule has 0 bridgehead atoms. The number of hydrogen-bond donors (Lipinski definition) is 3. The molecule has 7 nitrogen and oxygen atoms in total. The Hall–Kier alpha value is -2.15. The molecule has 1 unspecified atom stereocenters. The fraction of sp³-hybridized carbons (Fsp3) is 0.364. The van der Waals surface area contributed by atoms with E-state index < -0.39 is 10.8 Å². The Balaban J connectivity index is 3.11. The van der Waals surface area contributed by atoms with E-state index in [1.165, 1.54) is 12.1 Å². The molecule has 1 aromatic carbocycles. The molecule has 18 heavy (non-hydrogen) atoms. The number of nitro groups is 1. The van der Waals surface area contributed by atoms with Gasteiger partial charge in [0.15, 0.2) is 0 Å². The number of carbonyl (C=O) groups is 1. The van der Waals surface area contributed by atoms with Crippen LogP contribution >= 0.6 is 0 Å². The summed E-state index contributed by atoms with van der Waals surface area (Å²) in [5.74, 6) is -0.723. The zero-order chi connectivity index (χ0) is 13.7. The number of aliphatic hydroxyl groups excluding tert-OH is 1. The van der Waals surface area contributed by atoms with Gasteiger partial charge in [0.1, 0.15) is 5.69 Å². The number of carbonyl (C=O) groups excluding carboxylic acids is 1. The summed E-state index contributed by atoms with van der Waals surface area (Å²) in [6.45, 7) is 1.71. The lowest BCUT2D eigenvalue weighted by Gasteiger charge is -2.15.